The van der Waals surface area contributed by atoms with E-state index in [4.69, 9.17) is 4.74 Å². The predicted molar refractivity (Wildman–Crippen MR) is 72.9 cm³/mol. The van der Waals surface area contributed by atoms with Gasteiger partial charge in [0.2, 0.25) is 0 Å². The molecule has 1 rings (SSSR count). The number of carbonyl (C=O) groups is 2. The summed E-state index contributed by atoms with van der Waals surface area (Å²) in [7, 11) is 0. The van der Waals surface area contributed by atoms with Crippen molar-refractivity contribution in [2.45, 2.75) is 26.4 Å². The van der Waals surface area contributed by atoms with Crippen molar-refractivity contribution in [2.24, 2.45) is 0 Å². The summed E-state index contributed by atoms with van der Waals surface area (Å²) in [6.07, 6.45) is 5.26. The number of carbonyl (C=O) groups excluding carboxylic acids is 2. The van der Waals surface area contributed by atoms with E-state index >= 15 is 0 Å². The van der Waals surface area contributed by atoms with Crippen LogP contribution >= 0.6 is 0 Å². The molecule has 0 atom stereocenters. The van der Waals surface area contributed by atoms with Gasteiger partial charge < -0.3 is 10.1 Å². The van der Waals surface area contributed by atoms with Crippen LogP contribution in [-0.4, -0.2) is 29.5 Å². The van der Waals surface area contributed by atoms with Crippen molar-refractivity contribution in [3.63, 3.8) is 0 Å². The Morgan fingerprint density at radius 1 is 1.47 bits per heavy atom. The highest BCUT2D eigenvalue weighted by atomic mass is 16.6. The van der Waals surface area contributed by atoms with Gasteiger partial charge in [0.05, 0.1) is 5.69 Å². The quantitative estimate of drug-likeness (QED) is 0.846. The molecule has 5 heteroatoms. The summed E-state index contributed by atoms with van der Waals surface area (Å²) in [5, 5.41) is 2.58. The highest BCUT2D eigenvalue weighted by Gasteiger charge is 2.14. The van der Waals surface area contributed by atoms with E-state index in [1.807, 2.05) is 0 Å². The second kappa shape index (κ2) is 6.68. The lowest BCUT2D eigenvalue weighted by molar-refractivity contribution is 0.0534. The topological polar surface area (TPSA) is 68.3 Å². The molecule has 0 unspecified atom stereocenters. The average Bonchev–Trinajstić information content (AvgIpc) is 2.33. The molecule has 0 aliphatic heterocycles. The molecule has 1 amide bonds. The highest BCUT2D eigenvalue weighted by Crippen LogP contribution is 2.06. The molecule has 5 nitrogen and oxygen atoms in total. The third kappa shape index (κ3) is 5.81. The summed E-state index contributed by atoms with van der Waals surface area (Å²) in [4.78, 5) is 26.2. The molecule has 1 heterocycles. The van der Waals surface area contributed by atoms with Gasteiger partial charge in [0.15, 0.2) is 6.29 Å². The van der Waals surface area contributed by atoms with Crippen LogP contribution in [0.3, 0.4) is 0 Å². The summed E-state index contributed by atoms with van der Waals surface area (Å²) < 4.78 is 5.08. The highest BCUT2D eigenvalue weighted by molar-refractivity contribution is 5.80. The van der Waals surface area contributed by atoms with E-state index in [-0.39, 0.29) is 0 Å². The zero-order chi connectivity index (χ0) is 14.3. The van der Waals surface area contributed by atoms with Gasteiger partial charge in [-0.25, -0.2) is 4.79 Å². The van der Waals surface area contributed by atoms with Gasteiger partial charge in [0, 0.05) is 18.3 Å². The number of pyridine rings is 1. The van der Waals surface area contributed by atoms with Crippen molar-refractivity contribution in [2.75, 3.05) is 6.54 Å². The molecule has 0 radical (unpaired) electrons. The van der Waals surface area contributed by atoms with Gasteiger partial charge >= 0.3 is 6.09 Å². The molecule has 0 saturated carbocycles. The van der Waals surface area contributed by atoms with Crippen molar-refractivity contribution >= 4 is 18.5 Å². The first-order valence-corrected chi connectivity index (χ1v) is 5.96. The Morgan fingerprint density at radius 3 is 2.84 bits per heavy atom. The lowest BCUT2D eigenvalue weighted by Gasteiger charge is -2.19. The van der Waals surface area contributed by atoms with Gasteiger partial charge in [-0.1, -0.05) is 6.08 Å². The maximum Gasteiger partial charge on any atom is 0.407 e. The Labute approximate surface area is 112 Å². The molecule has 102 valence electrons. The summed E-state index contributed by atoms with van der Waals surface area (Å²) in [6, 6.07) is 3.38. The lowest BCUT2D eigenvalue weighted by Crippen LogP contribution is -2.32. The zero-order valence-electron chi connectivity index (χ0n) is 11.3. The maximum atomic E-state index is 11.4. The van der Waals surface area contributed by atoms with Crippen LogP contribution in [0.15, 0.2) is 24.4 Å². The van der Waals surface area contributed by atoms with Gasteiger partial charge in [-0.3, -0.25) is 9.78 Å². The second-order valence-corrected chi connectivity index (χ2v) is 4.88. The van der Waals surface area contributed by atoms with Crippen LogP contribution in [-0.2, 0) is 4.74 Å². The third-order valence-corrected chi connectivity index (χ3v) is 2.04. The monoisotopic (exact) mass is 262 g/mol. The molecule has 0 spiro atoms. The maximum absolute atomic E-state index is 11.4. The summed E-state index contributed by atoms with van der Waals surface area (Å²) in [5.41, 5.74) is 0.568. The predicted octanol–water partition coefficient (Wildman–Crippen LogP) is 2.43. The fourth-order valence-electron chi connectivity index (χ4n) is 1.30. The molecular formula is C14H18N2O3. The SMILES string of the molecule is CC(C)(C)OC(=O)NCC=Cc1ncccc1C=O. The summed E-state index contributed by atoms with van der Waals surface area (Å²) in [5.74, 6) is 0. The van der Waals surface area contributed by atoms with Crippen molar-refractivity contribution in [1.29, 1.82) is 0 Å². The van der Waals surface area contributed by atoms with E-state index in [0.29, 0.717) is 17.8 Å². The number of ether oxygens (including phenoxy) is 1. The Hall–Kier alpha value is -2.17. The van der Waals surface area contributed by atoms with Gasteiger partial charge in [0.1, 0.15) is 5.60 Å². The number of hydrogen-bond donors (Lipinski definition) is 1. The van der Waals surface area contributed by atoms with Crippen molar-refractivity contribution in [1.82, 2.24) is 10.3 Å². The van der Waals surface area contributed by atoms with Crippen LogP contribution in [0, 0.1) is 0 Å². The van der Waals surface area contributed by atoms with Gasteiger partial charge in [-0.05, 0) is 39.0 Å². The smallest absolute Gasteiger partial charge is 0.407 e. The fourth-order valence-corrected chi connectivity index (χ4v) is 1.30. The summed E-state index contributed by atoms with van der Waals surface area (Å²) >= 11 is 0. The normalized spacial score (nSPS) is 11.3. The van der Waals surface area contributed by atoms with Gasteiger partial charge in [0.25, 0.3) is 0 Å². The molecule has 0 aliphatic carbocycles. The molecule has 0 aromatic carbocycles. The minimum absolute atomic E-state index is 0.309. The van der Waals surface area contributed by atoms with E-state index in [9.17, 15) is 9.59 Å². The molecule has 0 aliphatic rings. The van der Waals surface area contributed by atoms with Crippen LogP contribution in [0.5, 0.6) is 0 Å². The standard InChI is InChI=1S/C14H18N2O3/c1-14(2,3)19-13(18)16-9-5-7-12-11(10-17)6-4-8-15-12/h4-8,10H,9H2,1-3H3,(H,16,18). The van der Waals surface area contributed by atoms with E-state index in [0.717, 1.165) is 6.29 Å². The Kier molecular flexibility index (Phi) is 5.23. The Bertz CT molecular complexity index is 476. The number of aldehydes is 1. The van der Waals surface area contributed by atoms with Crippen LogP contribution < -0.4 is 5.32 Å². The number of nitrogens with one attached hydrogen (secondary N) is 1. The first-order chi connectivity index (χ1) is 8.92. The first kappa shape index (κ1) is 14.9. The molecule has 0 fully saturated rings. The molecule has 1 aromatic rings. The molecule has 0 saturated heterocycles. The third-order valence-electron chi connectivity index (χ3n) is 2.04. The number of hydrogen-bond acceptors (Lipinski definition) is 4. The molecular weight excluding hydrogens is 244 g/mol. The van der Waals surface area contributed by atoms with E-state index in [1.54, 1.807) is 51.3 Å². The number of rotatable bonds is 4. The van der Waals surface area contributed by atoms with Crippen molar-refractivity contribution in [3.8, 4) is 0 Å². The van der Waals surface area contributed by atoms with Gasteiger partial charge in [-0.2, -0.15) is 0 Å². The number of alkyl carbamates (subject to hydrolysis) is 1. The number of nitrogens with zero attached hydrogens (tertiary/aromatic N) is 1. The van der Waals surface area contributed by atoms with Crippen LogP contribution in [0.1, 0.15) is 36.8 Å². The first-order valence-electron chi connectivity index (χ1n) is 5.96. The zero-order valence-corrected chi connectivity index (χ0v) is 11.3. The second-order valence-electron chi connectivity index (χ2n) is 4.88. The van der Waals surface area contributed by atoms with Gasteiger partial charge in [-0.15, -0.1) is 0 Å². The van der Waals surface area contributed by atoms with E-state index in [1.165, 1.54) is 0 Å². The summed E-state index contributed by atoms with van der Waals surface area (Å²) in [6.45, 7) is 5.70. The minimum atomic E-state index is -0.514. The fraction of sp³-hybridized carbons (Fsp3) is 0.357. The average molecular weight is 262 g/mol. The largest absolute Gasteiger partial charge is 0.444 e. The lowest BCUT2D eigenvalue weighted by atomic mass is 10.2. The van der Waals surface area contributed by atoms with E-state index in [2.05, 4.69) is 10.3 Å². The molecule has 1 aromatic heterocycles. The van der Waals surface area contributed by atoms with Crippen LogP contribution in [0.25, 0.3) is 6.08 Å². The molecule has 1 N–H and O–H groups in total. The van der Waals surface area contributed by atoms with Crippen LogP contribution in [0.2, 0.25) is 0 Å². The van der Waals surface area contributed by atoms with Crippen molar-refractivity contribution in [3.05, 3.63) is 35.7 Å². The Morgan fingerprint density at radius 2 is 2.21 bits per heavy atom. The number of aromatic nitrogens is 1. The Balaban J connectivity index is 2.47. The molecule has 0 bridgehead atoms. The van der Waals surface area contributed by atoms with Crippen LogP contribution in [0.4, 0.5) is 4.79 Å². The van der Waals surface area contributed by atoms with Crippen molar-refractivity contribution < 1.29 is 14.3 Å². The van der Waals surface area contributed by atoms with E-state index < -0.39 is 11.7 Å². The minimum Gasteiger partial charge on any atom is -0.444 e. The molecule has 19 heavy (non-hydrogen) atoms. The number of amides is 1.